The average molecular weight is 264 g/mol. The maximum atomic E-state index is 11.7. The lowest BCUT2D eigenvalue weighted by Gasteiger charge is -2.26. The first-order valence-electron chi connectivity index (χ1n) is 6.60. The van der Waals surface area contributed by atoms with E-state index in [0.717, 1.165) is 25.7 Å². The molecule has 5 nitrogen and oxygen atoms in total. The molecule has 0 heterocycles. The molecule has 4 N–H and O–H groups in total. The van der Waals surface area contributed by atoms with Crippen molar-refractivity contribution in [2.75, 3.05) is 12.3 Å². The van der Waals surface area contributed by atoms with Gasteiger partial charge in [-0.05, 0) is 37.8 Å². The van der Waals surface area contributed by atoms with Gasteiger partial charge in [0.2, 0.25) is 0 Å². The Morgan fingerprint density at radius 3 is 2.68 bits per heavy atom. The Balaban J connectivity index is 1.74. The second-order valence-corrected chi connectivity index (χ2v) is 4.90. The van der Waals surface area contributed by atoms with E-state index in [-0.39, 0.29) is 24.7 Å². The summed E-state index contributed by atoms with van der Waals surface area (Å²) in [6.07, 6.45) is 2.92. The molecule has 104 valence electrons. The second-order valence-electron chi connectivity index (χ2n) is 4.90. The van der Waals surface area contributed by atoms with Gasteiger partial charge in [0.25, 0.3) is 5.91 Å². The molecule has 1 aliphatic rings. The number of nitrogen functional groups attached to an aromatic ring is 1. The average Bonchev–Trinajstić information content (AvgIpc) is 2.40. The van der Waals surface area contributed by atoms with Crippen LogP contribution in [0.3, 0.4) is 0 Å². The second kappa shape index (κ2) is 6.43. The SMILES string of the molecule is Nc1ccccc1OCC(=O)NC1CCC(O)CC1. The molecule has 0 saturated heterocycles. The highest BCUT2D eigenvalue weighted by Gasteiger charge is 2.20. The number of para-hydroxylation sites is 2. The van der Waals surface area contributed by atoms with E-state index in [1.54, 1.807) is 12.1 Å². The molecule has 1 aliphatic carbocycles. The van der Waals surface area contributed by atoms with Gasteiger partial charge in [0.1, 0.15) is 5.75 Å². The van der Waals surface area contributed by atoms with Gasteiger partial charge >= 0.3 is 0 Å². The minimum Gasteiger partial charge on any atom is -0.482 e. The molecule has 0 radical (unpaired) electrons. The third-order valence-electron chi connectivity index (χ3n) is 3.34. The molecule has 0 bridgehead atoms. The van der Waals surface area contributed by atoms with Crippen LogP contribution in [0.1, 0.15) is 25.7 Å². The predicted octanol–water partition coefficient (Wildman–Crippen LogP) is 1.07. The Bertz CT molecular complexity index is 428. The van der Waals surface area contributed by atoms with Gasteiger partial charge in [0, 0.05) is 6.04 Å². The lowest BCUT2D eigenvalue weighted by Crippen LogP contribution is -2.40. The summed E-state index contributed by atoms with van der Waals surface area (Å²) < 4.78 is 5.37. The van der Waals surface area contributed by atoms with Gasteiger partial charge in [-0.25, -0.2) is 0 Å². The van der Waals surface area contributed by atoms with Gasteiger partial charge in [-0.1, -0.05) is 12.1 Å². The van der Waals surface area contributed by atoms with Crippen molar-refractivity contribution in [2.24, 2.45) is 0 Å². The monoisotopic (exact) mass is 264 g/mol. The molecule has 19 heavy (non-hydrogen) atoms. The van der Waals surface area contributed by atoms with Crippen LogP contribution >= 0.6 is 0 Å². The molecule has 0 aromatic heterocycles. The van der Waals surface area contributed by atoms with Gasteiger partial charge in [0.15, 0.2) is 6.61 Å². The van der Waals surface area contributed by atoms with Crippen molar-refractivity contribution in [1.82, 2.24) is 5.32 Å². The van der Waals surface area contributed by atoms with E-state index in [0.29, 0.717) is 11.4 Å². The summed E-state index contributed by atoms with van der Waals surface area (Å²) in [5.41, 5.74) is 6.25. The molecule has 1 aromatic rings. The van der Waals surface area contributed by atoms with Crippen LogP contribution in [0.5, 0.6) is 5.75 Å². The van der Waals surface area contributed by atoms with Gasteiger partial charge in [-0.15, -0.1) is 0 Å². The maximum Gasteiger partial charge on any atom is 0.258 e. The first-order chi connectivity index (χ1) is 9.15. The fourth-order valence-corrected chi connectivity index (χ4v) is 2.24. The van der Waals surface area contributed by atoms with E-state index in [1.807, 2.05) is 12.1 Å². The summed E-state index contributed by atoms with van der Waals surface area (Å²) in [5.74, 6) is 0.376. The van der Waals surface area contributed by atoms with E-state index in [2.05, 4.69) is 5.32 Å². The van der Waals surface area contributed by atoms with Crippen molar-refractivity contribution in [2.45, 2.75) is 37.8 Å². The van der Waals surface area contributed by atoms with Crippen LogP contribution in [0.25, 0.3) is 0 Å². The van der Waals surface area contributed by atoms with Crippen LogP contribution in [-0.4, -0.2) is 29.8 Å². The molecule has 2 rings (SSSR count). The minimum atomic E-state index is -0.214. The summed E-state index contributed by atoms with van der Waals surface area (Å²) in [5, 5.41) is 12.3. The number of aliphatic hydroxyl groups is 1. The number of carbonyl (C=O) groups is 1. The summed E-state index contributed by atoms with van der Waals surface area (Å²) in [6, 6.07) is 7.24. The maximum absolute atomic E-state index is 11.7. The molecular formula is C14H20N2O3. The number of nitrogens with one attached hydrogen (secondary N) is 1. The zero-order chi connectivity index (χ0) is 13.7. The lowest BCUT2D eigenvalue weighted by atomic mass is 9.93. The summed E-state index contributed by atoms with van der Waals surface area (Å²) in [7, 11) is 0. The third-order valence-corrected chi connectivity index (χ3v) is 3.34. The van der Waals surface area contributed by atoms with Crippen molar-refractivity contribution in [3.8, 4) is 5.75 Å². The Kier molecular flexibility index (Phi) is 4.63. The van der Waals surface area contributed by atoms with E-state index in [4.69, 9.17) is 10.5 Å². The highest BCUT2D eigenvalue weighted by atomic mass is 16.5. The van der Waals surface area contributed by atoms with Crippen molar-refractivity contribution >= 4 is 11.6 Å². The van der Waals surface area contributed by atoms with Gasteiger partial charge in [0.05, 0.1) is 11.8 Å². The van der Waals surface area contributed by atoms with E-state index >= 15 is 0 Å². The Morgan fingerprint density at radius 1 is 1.32 bits per heavy atom. The van der Waals surface area contributed by atoms with Gasteiger partial charge < -0.3 is 20.9 Å². The molecule has 1 saturated carbocycles. The largest absolute Gasteiger partial charge is 0.482 e. The van der Waals surface area contributed by atoms with E-state index in [9.17, 15) is 9.90 Å². The topological polar surface area (TPSA) is 84.6 Å². The van der Waals surface area contributed by atoms with Crippen molar-refractivity contribution in [1.29, 1.82) is 0 Å². The first-order valence-corrected chi connectivity index (χ1v) is 6.60. The number of hydrogen-bond acceptors (Lipinski definition) is 4. The number of carbonyl (C=O) groups excluding carboxylic acids is 1. The van der Waals surface area contributed by atoms with Crippen molar-refractivity contribution in [3.63, 3.8) is 0 Å². The number of hydrogen-bond donors (Lipinski definition) is 3. The van der Waals surface area contributed by atoms with Crippen molar-refractivity contribution < 1.29 is 14.6 Å². The molecule has 1 amide bonds. The Hall–Kier alpha value is -1.75. The zero-order valence-corrected chi connectivity index (χ0v) is 10.8. The van der Waals surface area contributed by atoms with Gasteiger partial charge in [-0.2, -0.15) is 0 Å². The lowest BCUT2D eigenvalue weighted by molar-refractivity contribution is -0.124. The van der Waals surface area contributed by atoms with Crippen LogP contribution < -0.4 is 15.8 Å². The number of ether oxygens (including phenoxy) is 1. The molecule has 0 atom stereocenters. The molecule has 5 heteroatoms. The van der Waals surface area contributed by atoms with Crippen LogP contribution in [0, 0.1) is 0 Å². The number of aliphatic hydroxyl groups excluding tert-OH is 1. The predicted molar refractivity (Wildman–Crippen MR) is 72.8 cm³/mol. The highest BCUT2D eigenvalue weighted by molar-refractivity contribution is 5.78. The number of rotatable bonds is 4. The highest BCUT2D eigenvalue weighted by Crippen LogP contribution is 2.20. The minimum absolute atomic E-state index is 0.0345. The van der Waals surface area contributed by atoms with Gasteiger partial charge in [-0.3, -0.25) is 4.79 Å². The molecule has 1 aromatic carbocycles. The fourth-order valence-electron chi connectivity index (χ4n) is 2.24. The molecule has 0 aliphatic heterocycles. The smallest absolute Gasteiger partial charge is 0.258 e. The molecule has 0 spiro atoms. The summed E-state index contributed by atoms with van der Waals surface area (Å²) in [6.45, 7) is -0.0345. The normalized spacial score (nSPS) is 22.8. The number of anilines is 1. The third kappa shape index (κ3) is 4.13. The Morgan fingerprint density at radius 2 is 2.00 bits per heavy atom. The first kappa shape index (κ1) is 13.7. The summed E-state index contributed by atoms with van der Waals surface area (Å²) in [4.78, 5) is 11.7. The number of benzene rings is 1. The van der Waals surface area contributed by atoms with Crippen LogP contribution in [-0.2, 0) is 4.79 Å². The number of amides is 1. The van der Waals surface area contributed by atoms with E-state index in [1.165, 1.54) is 0 Å². The quantitative estimate of drug-likeness (QED) is 0.710. The number of nitrogens with two attached hydrogens (primary N) is 1. The Labute approximate surface area is 112 Å². The standard InChI is InChI=1S/C14H20N2O3/c15-12-3-1-2-4-13(12)19-9-14(18)16-10-5-7-11(17)8-6-10/h1-4,10-11,17H,5-9,15H2,(H,16,18). The molecule has 0 unspecified atom stereocenters. The fraction of sp³-hybridized carbons (Fsp3) is 0.500. The molecular weight excluding hydrogens is 244 g/mol. The van der Waals surface area contributed by atoms with Crippen LogP contribution in [0.4, 0.5) is 5.69 Å². The van der Waals surface area contributed by atoms with Crippen LogP contribution in [0.2, 0.25) is 0 Å². The summed E-state index contributed by atoms with van der Waals surface area (Å²) >= 11 is 0. The van der Waals surface area contributed by atoms with Crippen LogP contribution in [0.15, 0.2) is 24.3 Å². The van der Waals surface area contributed by atoms with E-state index < -0.39 is 0 Å². The van der Waals surface area contributed by atoms with Crippen molar-refractivity contribution in [3.05, 3.63) is 24.3 Å². The molecule has 1 fully saturated rings. The zero-order valence-electron chi connectivity index (χ0n) is 10.8.